The molecule has 0 amide bonds. The van der Waals surface area contributed by atoms with Crippen LogP contribution in [0.4, 0.5) is 0 Å². The van der Waals surface area contributed by atoms with E-state index in [2.05, 4.69) is 0 Å². The Kier molecular flexibility index (Phi) is 1.08. The molecule has 2 heteroatoms. The maximum absolute atomic E-state index is 9.42. The molecule has 2 aliphatic carbocycles. The molecule has 0 aliphatic heterocycles. The lowest BCUT2D eigenvalue weighted by Crippen LogP contribution is -2.28. The Bertz CT molecular complexity index is 126. The molecule has 0 aromatic rings. The fourth-order valence-electron chi connectivity index (χ4n) is 2.35. The maximum atomic E-state index is 9.42. The second-order valence-electron chi connectivity index (χ2n) is 3.39. The highest BCUT2D eigenvalue weighted by molar-refractivity contribution is 4.98. The fourth-order valence-corrected chi connectivity index (χ4v) is 2.35. The number of hydrogen-bond donors (Lipinski definition) is 2. The number of aliphatic hydroxyl groups excluding tert-OH is 1. The van der Waals surface area contributed by atoms with Crippen LogP contribution in [0.5, 0.6) is 0 Å². The van der Waals surface area contributed by atoms with Crippen molar-refractivity contribution < 1.29 is 5.11 Å². The molecule has 2 aliphatic rings. The van der Waals surface area contributed by atoms with Gasteiger partial charge in [-0.15, -0.1) is 0 Å². The standard InChI is InChI=1S/C7H13NO/c8-6-3-4-1-2-5(6)7(4)9/h4-7,9H,1-3,8H2/t4-,5+,6-,7+/m0/s1. The van der Waals surface area contributed by atoms with Crippen LogP contribution < -0.4 is 5.73 Å². The van der Waals surface area contributed by atoms with E-state index in [9.17, 15) is 5.11 Å². The number of nitrogens with two attached hydrogens (primary N) is 1. The van der Waals surface area contributed by atoms with E-state index in [-0.39, 0.29) is 6.10 Å². The monoisotopic (exact) mass is 127 g/mol. The molecule has 2 saturated carbocycles. The summed E-state index contributed by atoms with van der Waals surface area (Å²) >= 11 is 0. The minimum Gasteiger partial charge on any atom is -0.392 e. The molecule has 52 valence electrons. The summed E-state index contributed by atoms with van der Waals surface area (Å²) < 4.78 is 0. The molecule has 9 heavy (non-hydrogen) atoms. The predicted molar refractivity (Wildman–Crippen MR) is 34.8 cm³/mol. The summed E-state index contributed by atoms with van der Waals surface area (Å²) in [6, 6.07) is 0.304. The SMILES string of the molecule is N[C@H]1C[C@@H]2CC[C@H]1[C@@H]2O. The Morgan fingerprint density at radius 2 is 2.11 bits per heavy atom. The first kappa shape index (κ1) is 5.69. The Morgan fingerprint density at radius 3 is 2.33 bits per heavy atom. The summed E-state index contributed by atoms with van der Waals surface area (Å²) in [5, 5.41) is 9.42. The van der Waals surface area contributed by atoms with Crippen molar-refractivity contribution in [3.8, 4) is 0 Å². The third kappa shape index (κ3) is 0.634. The molecule has 4 atom stereocenters. The van der Waals surface area contributed by atoms with Crippen molar-refractivity contribution in [3.63, 3.8) is 0 Å². The van der Waals surface area contributed by atoms with Crippen LogP contribution in [-0.2, 0) is 0 Å². The van der Waals surface area contributed by atoms with Crippen LogP contribution in [-0.4, -0.2) is 17.3 Å². The van der Waals surface area contributed by atoms with Crippen molar-refractivity contribution in [1.29, 1.82) is 0 Å². The minimum absolute atomic E-state index is 0.0556. The number of aliphatic hydroxyl groups is 1. The predicted octanol–water partition coefficient (Wildman–Crippen LogP) is 0.104. The van der Waals surface area contributed by atoms with Crippen LogP contribution in [0.2, 0.25) is 0 Å². The van der Waals surface area contributed by atoms with Gasteiger partial charge < -0.3 is 10.8 Å². The zero-order valence-corrected chi connectivity index (χ0v) is 5.46. The summed E-state index contributed by atoms with van der Waals surface area (Å²) in [5.74, 6) is 0.986. The molecule has 2 fully saturated rings. The van der Waals surface area contributed by atoms with Crippen molar-refractivity contribution in [2.75, 3.05) is 0 Å². The van der Waals surface area contributed by atoms with Crippen LogP contribution in [0, 0.1) is 11.8 Å². The van der Waals surface area contributed by atoms with Crippen LogP contribution in [0.25, 0.3) is 0 Å². The van der Waals surface area contributed by atoms with Crippen molar-refractivity contribution in [3.05, 3.63) is 0 Å². The van der Waals surface area contributed by atoms with Crippen molar-refractivity contribution in [1.82, 2.24) is 0 Å². The van der Waals surface area contributed by atoms with Gasteiger partial charge in [-0.25, -0.2) is 0 Å². The molecule has 0 saturated heterocycles. The Balaban J connectivity index is 2.16. The maximum Gasteiger partial charge on any atom is 0.0611 e. The number of hydrogen-bond acceptors (Lipinski definition) is 2. The number of fused-ring (bicyclic) bond motifs is 2. The Hall–Kier alpha value is -0.0800. The lowest BCUT2D eigenvalue weighted by molar-refractivity contribution is 0.126. The first-order chi connectivity index (χ1) is 4.29. The molecule has 2 bridgehead atoms. The van der Waals surface area contributed by atoms with Crippen LogP contribution in [0.3, 0.4) is 0 Å². The quantitative estimate of drug-likeness (QED) is 0.485. The molecule has 0 aromatic heterocycles. The van der Waals surface area contributed by atoms with E-state index in [0.717, 1.165) is 12.8 Å². The molecule has 0 aromatic carbocycles. The van der Waals surface area contributed by atoms with Gasteiger partial charge in [-0.05, 0) is 25.2 Å². The third-order valence-electron chi connectivity index (χ3n) is 2.92. The van der Waals surface area contributed by atoms with Crippen LogP contribution in [0.15, 0.2) is 0 Å². The topological polar surface area (TPSA) is 46.2 Å². The van der Waals surface area contributed by atoms with Gasteiger partial charge in [0.2, 0.25) is 0 Å². The second-order valence-corrected chi connectivity index (χ2v) is 3.39. The first-order valence-corrected chi connectivity index (χ1v) is 3.72. The van der Waals surface area contributed by atoms with Gasteiger partial charge >= 0.3 is 0 Å². The van der Waals surface area contributed by atoms with Gasteiger partial charge in [-0.3, -0.25) is 0 Å². The molecular formula is C7H13NO. The van der Waals surface area contributed by atoms with Gasteiger partial charge in [-0.1, -0.05) is 0 Å². The lowest BCUT2D eigenvalue weighted by Gasteiger charge is -2.15. The third-order valence-corrected chi connectivity index (χ3v) is 2.92. The van der Waals surface area contributed by atoms with E-state index in [1.807, 2.05) is 0 Å². The zero-order valence-electron chi connectivity index (χ0n) is 5.46. The van der Waals surface area contributed by atoms with Gasteiger partial charge in [0.25, 0.3) is 0 Å². The molecule has 2 nitrogen and oxygen atoms in total. The van der Waals surface area contributed by atoms with E-state index in [1.54, 1.807) is 0 Å². The van der Waals surface area contributed by atoms with Gasteiger partial charge in [0.15, 0.2) is 0 Å². The van der Waals surface area contributed by atoms with Gasteiger partial charge in [0, 0.05) is 12.0 Å². The normalized spacial score (nSPS) is 56.7. The second kappa shape index (κ2) is 1.70. The largest absolute Gasteiger partial charge is 0.392 e. The van der Waals surface area contributed by atoms with Crippen molar-refractivity contribution in [2.24, 2.45) is 17.6 Å². The van der Waals surface area contributed by atoms with E-state index in [0.29, 0.717) is 17.9 Å². The number of rotatable bonds is 0. The first-order valence-electron chi connectivity index (χ1n) is 3.72. The van der Waals surface area contributed by atoms with Crippen molar-refractivity contribution in [2.45, 2.75) is 31.4 Å². The summed E-state index contributed by atoms with van der Waals surface area (Å²) in [4.78, 5) is 0. The van der Waals surface area contributed by atoms with Gasteiger partial charge in [0.05, 0.1) is 6.10 Å². The molecular weight excluding hydrogens is 114 g/mol. The van der Waals surface area contributed by atoms with Gasteiger partial charge in [0.1, 0.15) is 0 Å². The summed E-state index contributed by atoms with van der Waals surface area (Å²) in [6.07, 6.45) is 3.37. The lowest BCUT2D eigenvalue weighted by atomic mass is 9.96. The fraction of sp³-hybridized carbons (Fsp3) is 1.00. The summed E-state index contributed by atoms with van der Waals surface area (Å²) in [7, 11) is 0. The highest BCUT2D eigenvalue weighted by Crippen LogP contribution is 2.43. The molecule has 0 spiro atoms. The molecule has 0 unspecified atom stereocenters. The highest BCUT2D eigenvalue weighted by Gasteiger charge is 2.45. The van der Waals surface area contributed by atoms with Gasteiger partial charge in [-0.2, -0.15) is 0 Å². The van der Waals surface area contributed by atoms with E-state index >= 15 is 0 Å². The van der Waals surface area contributed by atoms with E-state index in [4.69, 9.17) is 5.73 Å². The van der Waals surface area contributed by atoms with E-state index in [1.165, 1.54) is 6.42 Å². The Morgan fingerprint density at radius 1 is 1.33 bits per heavy atom. The van der Waals surface area contributed by atoms with Crippen LogP contribution in [0.1, 0.15) is 19.3 Å². The summed E-state index contributed by atoms with van der Waals surface area (Å²) in [5.41, 5.74) is 5.75. The molecule has 3 N–H and O–H groups in total. The Labute approximate surface area is 55.1 Å². The molecule has 0 heterocycles. The smallest absolute Gasteiger partial charge is 0.0611 e. The molecule has 0 radical (unpaired) electrons. The van der Waals surface area contributed by atoms with Crippen molar-refractivity contribution >= 4 is 0 Å². The average Bonchev–Trinajstić information content (AvgIpc) is 2.25. The van der Waals surface area contributed by atoms with E-state index < -0.39 is 0 Å². The zero-order chi connectivity index (χ0) is 6.43. The average molecular weight is 127 g/mol. The molecule has 2 rings (SSSR count). The van der Waals surface area contributed by atoms with Crippen LogP contribution >= 0.6 is 0 Å². The highest BCUT2D eigenvalue weighted by atomic mass is 16.3. The minimum atomic E-state index is -0.0556. The summed E-state index contributed by atoms with van der Waals surface area (Å²) in [6.45, 7) is 0.